The van der Waals surface area contributed by atoms with E-state index in [0.717, 1.165) is 0 Å². The summed E-state index contributed by atoms with van der Waals surface area (Å²) in [6.45, 7) is 0.620. The number of halogens is 3. The van der Waals surface area contributed by atoms with Gasteiger partial charge in [-0.25, -0.2) is 4.79 Å². The van der Waals surface area contributed by atoms with E-state index in [9.17, 15) is 18.0 Å². The molecule has 1 aliphatic heterocycles. The van der Waals surface area contributed by atoms with E-state index in [2.05, 4.69) is 0 Å². The van der Waals surface area contributed by atoms with Crippen molar-refractivity contribution in [1.29, 1.82) is 0 Å². The number of cyclic esters (lactones) is 1. The van der Waals surface area contributed by atoms with E-state index >= 15 is 0 Å². The van der Waals surface area contributed by atoms with Gasteiger partial charge in [-0.05, 0) is 17.7 Å². The van der Waals surface area contributed by atoms with E-state index < -0.39 is 24.8 Å². The van der Waals surface area contributed by atoms with Crippen LogP contribution >= 0.6 is 0 Å². The number of hydrogen-bond donors (Lipinski definition) is 1. The minimum absolute atomic E-state index is 0.288. The molecule has 0 aliphatic carbocycles. The maximum absolute atomic E-state index is 12.3. The van der Waals surface area contributed by atoms with E-state index in [1.165, 1.54) is 30.4 Å². The van der Waals surface area contributed by atoms with Crippen LogP contribution in [0.4, 0.5) is 23.7 Å². The number of ether oxygens (including phenoxy) is 2. The second-order valence-electron chi connectivity index (χ2n) is 6.14. The van der Waals surface area contributed by atoms with Crippen molar-refractivity contribution in [3.05, 3.63) is 36.1 Å². The van der Waals surface area contributed by atoms with Crippen LogP contribution in [0, 0.1) is 0 Å². The van der Waals surface area contributed by atoms with E-state index in [-0.39, 0.29) is 12.7 Å². The van der Waals surface area contributed by atoms with E-state index in [1.54, 1.807) is 18.2 Å². The molecule has 27 heavy (non-hydrogen) atoms. The van der Waals surface area contributed by atoms with Crippen LogP contribution in [0.2, 0.25) is 0 Å². The van der Waals surface area contributed by atoms with Gasteiger partial charge >= 0.3 is 12.3 Å². The van der Waals surface area contributed by atoms with Gasteiger partial charge in [-0.2, -0.15) is 13.2 Å². The Morgan fingerprint density at radius 1 is 1.44 bits per heavy atom. The average molecular weight is 385 g/mol. The SMILES string of the molecule is COCC1CN(c2coc3cc(C=CCC(O)C(F)(F)F)ccc23)C(=O)O1. The first kappa shape index (κ1) is 19.2. The summed E-state index contributed by atoms with van der Waals surface area (Å²) >= 11 is 0. The highest BCUT2D eigenvalue weighted by Gasteiger charge is 2.37. The molecule has 0 bridgehead atoms. The molecule has 1 saturated heterocycles. The minimum Gasteiger partial charge on any atom is -0.462 e. The fourth-order valence-electron chi connectivity index (χ4n) is 2.80. The number of alkyl halides is 3. The lowest BCUT2D eigenvalue weighted by Gasteiger charge is -2.11. The van der Waals surface area contributed by atoms with Crippen LogP contribution in [0.3, 0.4) is 0 Å². The number of benzene rings is 1. The van der Waals surface area contributed by atoms with Gasteiger partial charge in [0.2, 0.25) is 0 Å². The number of methoxy groups -OCH3 is 1. The summed E-state index contributed by atoms with van der Waals surface area (Å²) in [4.78, 5) is 13.5. The number of aliphatic hydroxyl groups excluding tert-OH is 1. The summed E-state index contributed by atoms with van der Waals surface area (Å²) in [6.07, 6.45) is -4.29. The highest BCUT2D eigenvalue weighted by atomic mass is 19.4. The second-order valence-corrected chi connectivity index (χ2v) is 6.14. The summed E-state index contributed by atoms with van der Waals surface area (Å²) in [5.41, 5.74) is 1.64. The van der Waals surface area contributed by atoms with Gasteiger partial charge in [-0.15, -0.1) is 0 Å². The zero-order valence-corrected chi connectivity index (χ0v) is 14.4. The van der Waals surface area contributed by atoms with Gasteiger partial charge in [0.1, 0.15) is 18.0 Å². The van der Waals surface area contributed by atoms with Gasteiger partial charge < -0.3 is 19.0 Å². The first-order chi connectivity index (χ1) is 12.8. The van der Waals surface area contributed by atoms with Crippen LogP contribution in [-0.4, -0.2) is 49.8 Å². The van der Waals surface area contributed by atoms with E-state index in [4.69, 9.17) is 19.0 Å². The zero-order chi connectivity index (χ0) is 19.6. The lowest BCUT2D eigenvalue weighted by molar-refractivity contribution is -0.202. The molecule has 2 unspecified atom stereocenters. The number of aliphatic hydroxyl groups is 1. The minimum atomic E-state index is -4.64. The van der Waals surface area contributed by atoms with Crippen LogP contribution in [-0.2, 0) is 9.47 Å². The Kier molecular flexibility index (Phi) is 5.43. The predicted octanol–water partition coefficient (Wildman–Crippen LogP) is 3.73. The Bertz CT molecular complexity index is 845. The van der Waals surface area contributed by atoms with Crippen LogP contribution in [0.25, 0.3) is 17.0 Å². The zero-order valence-electron chi connectivity index (χ0n) is 14.4. The molecule has 1 aromatic heterocycles. The Morgan fingerprint density at radius 3 is 2.93 bits per heavy atom. The smallest absolute Gasteiger partial charge is 0.414 e. The number of fused-ring (bicyclic) bond motifs is 1. The molecule has 1 N–H and O–H groups in total. The van der Waals surface area contributed by atoms with Crippen molar-refractivity contribution >= 4 is 28.8 Å². The molecule has 9 heteroatoms. The molecule has 2 aromatic rings. The molecule has 0 radical (unpaired) electrons. The number of nitrogens with zero attached hydrogens (tertiary/aromatic N) is 1. The molecule has 1 fully saturated rings. The Hall–Kier alpha value is -2.52. The topological polar surface area (TPSA) is 72.1 Å². The monoisotopic (exact) mass is 385 g/mol. The van der Waals surface area contributed by atoms with Crippen molar-refractivity contribution in [1.82, 2.24) is 0 Å². The number of carbonyl (C=O) groups is 1. The van der Waals surface area contributed by atoms with Crippen molar-refractivity contribution < 1.29 is 37.0 Å². The number of rotatable bonds is 6. The van der Waals surface area contributed by atoms with Gasteiger partial charge in [0.15, 0.2) is 6.10 Å². The third-order valence-electron chi connectivity index (χ3n) is 4.14. The Balaban J connectivity index is 1.74. The molecule has 146 valence electrons. The van der Waals surface area contributed by atoms with Crippen molar-refractivity contribution in [2.75, 3.05) is 25.2 Å². The highest BCUT2D eigenvalue weighted by Crippen LogP contribution is 2.33. The fraction of sp³-hybridized carbons (Fsp3) is 0.389. The number of carbonyl (C=O) groups excluding carboxylic acids is 1. The number of anilines is 1. The van der Waals surface area contributed by atoms with Crippen molar-refractivity contribution in [3.8, 4) is 0 Å². The highest BCUT2D eigenvalue weighted by molar-refractivity contribution is 6.01. The van der Waals surface area contributed by atoms with Crippen molar-refractivity contribution in [2.45, 2.75) is 24.8 Å². The first-order valence-corrected chi connectivity index (χ1v) is 8.19. The molecule has 1 aromatic carbocycles. The van der Waals surface area contributed by atoms with Crippen molar-refractivity contribution in [2.24, 2.45) is 0 Å². The molecule has 1 amide bonds. The maximum atomic E-state index is 12.3. The fourth-order valence-corrected chi connectivity index (χ4v) is 2.80. The maximum Gasteiger partial charge on any atom is 0.414 e. The number of amides is 1. The molecule has 0 saturated carbocycles. The average Bonchev–Trinajstić information content (AvgIpc) is 3.17. The molecule has 1 aliphatic rings. The van der Waals surface area contributed by atoms with Gasteiger partial charge in [-0.1, -0.05) is 18.2 Å². The van der Waals surface area contributed by atoms with Gasteiger partial charge in [0.05, 0.1) is 18.8 Å². The summed E-state index contributed by atoms with van der Waals surface area (Å²) < 4.78 is 52.6. The largest absolute Gasteiger partial charge is 0.462 e. The molecular weight excluding hydrogens is 367 g/mol. The number of hydrogen-bond acceptors (Lipinski definition) is 5. The first-order valence-electron chi connectivity index (χ1n) is 8.19. The Morgan fingerprint density at radius 2 is 2.22 bits per heavy atom. The van der Waals surface area contributed by atoms with Crippen molar-refractivity contribution in [3.63, 3.8) is 0 Å². The van der Waals surface area contributed by atoms with Gasteiger partial charge in [0, 0.05) is 18.9 Å². The normalized spacial score (nSPS) is 19.2. The quantitative estimate of drug-likeness (QED) is 0.820. The van der Waals surface area contributed by atoms with Crippen LogP contribution < -0.4 is 4.90 Å². The second kappa shape index (κ2) is 7.61. The lowest BCUT2D eigenvalue weighted by atomic mass is 10.1. The molecule has 2 atom stereocenters. The van der Waals surface area contributed by atoms with E-state index in [0.29, 0.717) is 28.8 Å². The van der Waals surface area contributed by atoms with E-state index in [1.807, 2.05) is 0 Å². The summed E-state index contributed by atoms with van der Waals surface area (Å²) in [5, 5.41) is 9.67. The summed E-state index contributed by atoms with van der Waals surface area (Å²) in [7, 11) is 1.52. The van der Waals surface area contributed by atoms with Crippen LogP contribution in [0.15, 0.2) is 35.0 Å². The molecule has 2 heterocycles. The predicted molar refractivity (Wildman–Crippen MR) is 91.4 cm³/mol. The molecular formula is C18H18F3NO5. The molecule has 0 spiro atoms. The summed E-state index contributed by atoms with van der Waals surface area (Å²) in [6, 6.07) is 5.04. The summed E-state index contributed by atoms with van der Waals surface area (Å²) in [5.74, 6) is 0. The van der Waals surface area contributed by atoms with Gasteiger partial charge in [-0.3, -0.25) is 4.90 Å². The number of furan rings is 1. The third kappa shape index (κ3) is 4.25. The Labute approximate surface area is 152 Å². The molecule has 3 rings (SSSR count). The standard InChI is InChI=1S/C18H18F3NO5/c1-25-9-12-8-22(17(24)27-12)14-10-26-15-7-11(5-6-13(14)15)3-2-4-16(23)18(19,20)21/h2-3,5-7,10,12,16,23H,4,8-9H2,1H3. The van der Waals surface area contributed by atoms with Crippen LogP contribution in [0.1, 0.15) is 12.0 Å². The lowest BCUT2D eigenvalue weighted by Crippen LogP contribution is -2.27. The third-order valence-corrected chi connectivity index (χ3v) is 4.14. The molecule has 6 nitrogen and oxygen atoms in total. The van der Waals surface area contributed by atoms with Gasteiger partial charge in [0.25, 0.3) is 0 Å². The van der Waals surface area contributed by atoms with Crippen LogP contribution in [0.5, 0.6) is 0 Å².